The molecule has 0 bridgehead atoms. The van der Waals surface area contributed by atoms with Gasteiger partial charge >= 0.3 is 0 Å². The third kappa shape index (κ3) is 4.10. The molecular formula is C41H26N2O. The van der Waals surface area contributed by atoms with Gasteiger partial charge in [-0.05, 0) is 85.9 Å². The minimum atomic E-state index is 0.770. The van der Waals surface area contributed by atoms with Crippen LogP contribution in [-0.4, -0.2) is 4.98 Å². The molecule has 0 radical (unpaired) electrons. The van der Waals surface area contributed by atoms with Crippen LogP contribution < -0.4 is 4.90 Å². The normalized spacial score (nSPS) is 11.6. The van der Waals surface area contributed by atoms with Gasteiger partial charge in [0.1, 0.15) is 11.1 Å². The maximum absolute atomic E-state index is 6.43. The molecule has 0 spiro atoms. The number of fused-ring (bicyclic) bond motifs is 6. The molecule has 0 saturated heterocycles. The van der Waals surface area contributed by atoms with Crippen LogP contribution in [0.4, 0.5) is 17.1 Å². The van der Waals surface area contributed by atoms with Gasteiger partial charge in [-0.1, -0.05) is 103 Å². The maximum atomic E-state index is 6.43. The van der Waals surface area contributed by atoms with Crippen LogP contribution >= 0.6 is 0 Å². The zero-order valence-corrected chi connectivity index (χ0v) is 23.8. The maximum Gasteiger partial charge on any atom is 0.155 e. The van der Waals surface area contributed by atoms with Crippen LogP contribution in [-0.2, 0) is 0 Å². The fourth-order valence-corrected chi connectivity index (χ4v) is 6.39. The Balaban J connectivity index is 1.22. The lowest BCUT2D eigenvalue weighted by Crippen LogP contribution is -2.10. The number of hydrogen-bond donors (Lipinski definition) is 0. The summed E-state index contributed by atoms with van der Waals surface area (Å²) in [5.41, 5.74) is 7.98. The van der Waals surface area contributed by atoms with E-state index in [0.29, 0.717) is 0 Å². The average Bonchev–Trinajstić information content (AvgIpc) is 3.44. The molecule has 7 aromatic carbocycles. The Hall–Kier alpha value is -5.93. The Bertz CT molecular complexity index is 2510. The highest BCUT2D eigenvalue weighted by Crippen LogP contribution is 2.40. The molecule has 9 rings (SSSR count). The molecular weight excluding hydrogens is 536 g/mol. The highest BCUT2D eigenvalue weighted by molar-refractivity contribution is 6.09. The number of anilines is 3. The smallest absolute Gasteiger partial charge is 0.155 e. The van der Waals surface area contributed by atoms with E-state index >= 15 is 0 Å². The number of pyridine rings is 1. The zero-order valence-electron chi connectivity index (χ0n) is 23.8. The van der Waals surface area contributed by atoms with Crippen molar-refractivity contribution >= 4 is 71.4 Å². The van der Waals surface area contributed by atoms with E-state index in [1.165, 1.54) is 38.1 Å². The topological polar surface area (TPSA) is 29.3 Å². The molecule has 2 heterocycles. The summed E-state index contributed by atoms with van der Waals surface area (Å²) in [5, 5.41) is 8.14. The summed E-state index contributed by atoms with van der Waals surface area (Å²) >= 11 is 0. The fourth-order valence-electron chi connectivity index (χ4n) is 6.39. The van der Waals surface area contributed by atoms with Gasteiger partial charge in [-0.2, -0.15) is 0 Å². The third-order valence-electron chi connectivity index (χ3n) is 8.60. The summed E-state index contributed by atoms with van der Waals surface area (Å²) in [5.74, 6) is 0. The largest absolute Gasteiger partial charge is 0.454 e. The van der Waals surface area contributed by atoms with Crippen molar-refractivity contribution in [3.8, 4) is 11.1 Å². The zero-order chi connectivity index (χ0) is 29.0. The summed E-state index contributed by atoms with van der Waals surface area (Å²) < 4.78 is 6.43. The van der Waals surface area contributed by atoms with E-state index in [0.717, 1.165) is 44.5 Å². The molecule has 0 aliphatic carbocycles. The van der Waals surface area contributed by atoms with Gasteiger partial charge in [0, 0.05) is 22.8 Å². The molecule has 9 aromatic rings. The number of furan rings is 1. The number of aromatic nitrogens is 1. The number of hydrogen-bond acceptors (Lipinski definition) is 3. The van der Waals surface area contributed by atoms with Gasteiger partial charge in [-0.15, -0.1) is 0 Å². The molecule has 3 heteroatoms. The van der Waals surface area contributed by atoms with Crippen LogP contribution in [0.5, 0.6) is 0 Å². The van der Waals surface area contributed by atoms with Gasteiger partial charge in [0.2, 0.25) is 0 Å². The van der Waals surface area contributed by atoms with E-state index in [4.69, 9.17) is 9.40 Å². The molecule has 0 amide bonds. The van der Waals surface area contributed by atoms with Crippen molar-refractivity contribution in [1.29, 1.82) is 0 Å². The fraction of sp³-hybridized carbons (Fsp3) is 0. The van der Waals surface area contributed by atoms with Crippen LogP contribution in [0.3, 0.4) is 0 Å². The molecule has 44 heavy (non-hydrogen) atoms. The van der Waals surface area contributed by atoms with E-state index in [-0.39, 0.29) is 0 Å². The number of nitrogens with zero attached hydrogens (tertiary/aromatic N) is 2. The van der Waals surface area contributed by atoms with Crippen molar-refractivity contribution in [1.82, 2.24) is 4.98 Å². The van der Waals surface area contributed by atoms with E-state index in [2.05, 4.69) is 157 Å². The van der Waals surface area contributed by atoms with E-state index < -0.39 is 0 Å². The Labute approximate surface area is 254 Å². The van der Waals surface area contributed by atoms with Crippen molar-refractivity contribution in [2.75, 3.05) is 4.90 Å². The Morgan fingerprint density at radius 1 is 0.409 bits per heavy atom. The predicted octanol–water partition coefficient (Wildman–Crippen LogP) is 11.6. The van der Waals surface area contributed by atoms with Gasteiger partial charge in [-0.25, -0.2) is 4.98 Å². The van der Waals surface area contributed by atoms with Gasteiger partial charge in [0.25, 0.3) is 0 Å². The van der Waals surface area contributed by atoms with E-state index in [1.807, 2.05) is 6.20 Å². The second kappa shape index (κ2) is 9.82. The second-order valence-corrected chi connectivity index (χ2v) is 11.3. The Morgan fingerprint density at radius 3 is 1.77 bits per heavy atom. The van der Waals surface area contributed by atoms with Crippen molar-refractivity contribution in [2.24, 2.45) is 0 Å². The number of rotatable bonds is 4. The molecule has 0 saturated carbocycles. The lowest BCUT2D eigenvalue weighted by molar-refractivity contribution is 0.668. The molecule has 0 fully saturated rings. The summed E-state index contributed by atoms with van der Waals surface area (Å²) in [6.07, 6.45) is 1.96. The van der Waals surface area contributed by atoms with Gasteiger partial charge < -0.3 is 9.32 Å². The molecule has 0 aliphatic heterocycles. The SMILES string of the molecule is c1ccc(-c2ccc3cc(N(c4ccc5ccccc5c4)c4cnc5c(c4)oc4cc6ccccc6cc45)ccc3c2)cc1. The van der Waals surface area contributed by atoms with Crippen LogP contribution in [0.25, 0.3) is 65.5 Å². The van der Waals surface area contributed by atoms with Crippen LogP contribution in [0.1, 0.15) is 0 Å². The molecule has 0 aliphatic rings. The van der Waals surface area contributed by atoms with Crippen molar-refractivity contribution in [3.05, 3.63) is 158 Å². The second-order valence-electron chi connectivity index (χ2n) is 11.3. The third-order valence-corrected chi connectivity index (χ3v) is 8.60. The van der Waals surface area contributed by atoms with Crippen molar-refractivity contribution < 1.29 is 4.42 Å². The first kappa shape index (κ1) is 24.6. The van der Waals surface area contributed by atoms with Crippen molar-refractivity contribution in [2.45, 2.75) is 0 Å². The van der Waals surface area contributed by atoms with Gasteiger partial charge in [0.05, 0.1) is 11.9 Å². The Kier molecular flexibility index (Phi) is 5.50. The lowest BCUT2D eigenvalue weighted by atomic mass is 10.0. The first-order chi connectivity index (χ1) is 21.8. The summed E-state index contributed by atoms with van der Waals surface area (Å²) in [6.45, 7) is 0. The first-order valence-corrected chi connectivity index (χ1v) is 14.9. The molecule has 2 aromatic heterocycles. The minimum absolute atomic E-state index is 0.770. The van der Waals surface area contributed by atoms with E-state index in [1.54, 1.807) is 0 Å². The molecule has 0 unspecified atom stereocenters. The standard InChI is InChI=1S/C41H26N2O/c1-2-8-27(9-3-1)32-14-15-34-22-36(19-17-33(34)20-32)43(35-18-16-28-10-4-5-11-29(28)21-35)37-25-40-41(42-26-37)38-23-30-12-6-7-13-31(30)24-39(38)44-40/h1-26H. The average molecular weight is 563 g/mol. The first-order valence-electron chi connectivity index (χ1n) is 14.9. The lowest BCUT2D eigenvalue weighted by Gasteiger charge is -2.26. The van der Waals surface area contributed by atoms with Crippen LogP contribution in [0.15, 0.2) is 162 Å². The summed E-state index contributed by atoms with van der Waals surface area (Å²) in [4.78, 5) is 7.25. The quantitative estimate of drug-likeness (QED) is 0.214. The van der Waals surface area contributed by atoms with E-state index in [9.17, 15) is 0 Å². The van der Waals surface area contributed by atoms with Crippen LogP contribution in [0, 0.1) is 0 Å². The highest BCUT2D eigenvalue weighted by atomic mass is 16.3. The van der Waals surface area contributed by atoms with Gasteiger partial charge in [0.15, 0.2) is 5.58 Å². The molecule has 206 valence electrons. The van der Waals surface area contributed by atoms with Gasteiger partial charge in [-0.3, -0.25) is 0 Å². The monoisotopic (exact) mass is 562 g/mol. The molecule has 0 N–H and O–H groups in total. The highest BCUT2D eigenvalue weighted by Gasteiger charge is 2.18. The Morgan fingerprint density at radius 2 is 1.00 bits per heavy atom. The predicted molar refractivity (Wildman–Crippen MR) is 184 cm³/mol. The molecule has 0 atom stereocenters. The van der Waals surface area contributed by atoms with Crippen molar-refractivity contribution in [3.63, 3.8) is 0 Å². The minimum Gasteiger partial charge on any atom is -0.454 e. The molecule has 3 nitrogen and oxygen atoms in total. The number of benzene rings is 7. The summed E-state index contributed by atoms with van der Waals surface area (Å²) in [7, 11) is 0. The summed E-state index contributed by atoms with van der Waals surface area (Å²) in [6, 6.07) is 53.7. The van der Waals surface area contributed by atoms with Crippen LogP contribution in [0.2, 0.25) is 0 Å².